The van der Waals surface area contributed by atoms with E-state index in [1.165, 1.54) is 0 Å². The molecule has 1 atom stereocenters. The Morgan fingerprint density at radius 2 is 2.09 bits per heavy atom. The molecule has 1 aliphatic carbocycles. The molecule has 0 saturated heterocycles. The van der Waals surface area contributed by atoms with Gasteiger partial charge in [-0.05, 0) is 25.1 Å². The van der Waals surface area contributed by atoms with Crippen molar-refractivity contribution in [3.05, 3.63) is 35.1 Å². The number of carbonyl (C=O) groups excluding carboxylic acids is 1. The van der Waals surface area contributed by atoms with E-state index in [1.807, 2.05) is 49.0 Å². The fraction of sp³-hybridized carbons (Fsp3) is 0.438. The van der Waals surface area contributed by atoms with Crippen LogP contribution in [0.3, 0.4) is 0 Å². The highest BCUT2D eigenvalue weighted by atomic mass is 32.1. The van der Waals surface area contributed by atoms with E-state index in [2.05, 4.69) is 10.4 Å². The second kappa shape index (κ2) is 6.64. The van der Waals surface area contributed by atoms with Crippen LogP contribution in [0.25, 0.3) is 11.4 Å². The molecule has 1 heterocycles. The summed E-state index contributed by atoms with van der Waals surface area (Å²) in [5.41, 5.74) is 1.03. The van der Waals surface area contributed by atoms with Gasteiger partial charge in [-0.3, -0.25) is 4.79 Å². The second-order valence-corrected chi connectivity index (χ2v) is 6.53. The minimum absolute atomic E-state index is 0.0933. The maximum absolute atomic E-state index is 11.9. The minimum atomic E-state index is 0.0933. The molecule has 122 valence electrons. The third-order valence-corrected chi connectivity index (χ3v) is 4.38. The second-order valence-electron chi connectivity index (χ2n) is 6.16. The summed E-state index contributed by atoms with van der Waals surface area (Å²) in [5, 5.41) is 7.63. The van der Waals surface area contributed by atoms with Gasteiger partial charge < -0.3 is 14.8 Å². The first kappa shape index (κ1) is 15.9. The van der Waals surface area contributed by atoms with Crippen molar-refractivity contribution in [3.63, 3.8) is 0 Å². The number of carbonyl (C=O) groups is 1. The lowest BCUT2D eigenvalue weighted by molar-refractivity contribution is -0.895. The number of aromatic nitrogens is 3. The molecular formula is C16H22N5OS+. The van der Waals surface area contributed by atoms with E-state index >= 15 is 0 Å². The van der Waals surface area contributed by atoms with Gasteiger partial charge in [0.15, 0.2) is 19.0 Å². The first-order valence-corrected chi connectivity index (χ1v) is 8.25. The summed E-state index contributed by atoms with van der Waals surface area (Å²) >= 11 is 5.48. The lowest BCUT2D eigenvalue weighted by Crippen LogP contribution is -3.09. The molecule has 7 heteroatoms. The molecule has 0 aliphatic heterocycles. The van der Waals surface area contributed by atoms with Gasteiger partial charge in [-0.25, -0.2) is 0 Å². The van der Waals surface area contributed by atoms with Crippen molar-refractivity contribution >= 4 is 18.1 Å². The van der Waals surface area contributed by atoms with E-state index in [0.717, 1.165) is 29.1 Å². The molecule has 0 radical (unpaired) electrons. The number of amides is 1. The van der Waals surface area contributed by atoms with Crippen LogP contribution in [-0.4, -0.2) is 39.9 Å². The fourth-order valence-corrected chi connectivity index (χ4v) is 2.71. The molecule has 2 N–H and O–H groups in total. The molecule has 2 aromatic rings. The third-order valence-electron chi connectivity index (χ3n) is 3.90. The first-order valence-electron chi connectivity index (χ1n) is 7.84. The van der Waals surface area contributed by atoms with Gasteiger partial charge in [-0.1, -0.05) is 30.3 Å². The quantitative estimate of drug-likeness (QED) is 0.752. The van der Waals surface area contributed by atoms with Gasteiger partial charge >= 0.3 is 0 Å². The van der Waals surface area contributed by atoms with Crippen molar-refractivity contribution in [2.45, 2.75) is 25.6 Å². The molecular weight excluding hydrogens is 310 g/mol. The molecule has 1 aromatic carbocycles. The third kappa shape index (κ3) is 3.86. The number of hydrogen-bond donors (Lipinski definition) is 2. The maximum Gasteiger partial charge on any atom is 0.275 e. The Morgan fingerprint density at radius 3 is 2.74 bits per heavy atom. The lowest BCUT2D eigenvalue weighted by Gasteiger charge is -2.13. The zero-order chi connectivity index (χ0) is 16.4. The average Bonchev–Trinajstić information content (AvgIpc) is 3.29. The number of likely N-dealkylation sites (N-methyl/N-ethyl adjacent to an activating group) is 1. The molecule has 6 nitrogen and oxygen atoms in total. The Morgan fingerprint density at radius 1 is 1.39 bits per heavy atom. The van der Waals surface area contributed by atoms with E-state index in [-0.39, 0.29) is 5.91 Å². The standard InChI is InChI=1S/C16H21N5OS/c1-19(10-14(22)17-13-8-9-13)11-21-16(23)20(2)15(18-21)12-6-4-3-5-7-12/h3-7,13H,8-11H2,1-2H3,(H,17,22)/p+1. The zero-order valence-electron chi connectivity index (χ0n) is 13.5. The van der Waals surface area contributed by atoms with Crippen LogP contribution in [-0.2, 0) is 18.5 Å². The van der Waals surface area contributed by atoms with Crippen molar-refractivity contribution in [1.29, 1.82) is 0 Å². The van der Waals surface area contributed by atoms with Crippen LogP contribution in [0, 0.1) is 4.77 Å². The molecule has 1 amide bonds. The molecule has 0 spiro atoms. The number of hydrogen-bond acceptors (Lipinski definition) is 3. The van der Waals surface area contributed by atoms with Gasteiger partial charge in [0.1, 0.15) is 0 Å². The van der Waals surface area contributed by atoms with Crippen molar-refractivity contribution in [3.8, 4) is 11.4 Å². The largest absolute Gasteiger partial charge is 0.348 e. The predicted molar refractivity (Wildman–Crippen MR) is 90.4 cm³/mol. The van der Waals surface area contributed by atoms with Crippen LogP contribution in [0.4, 0.5) is 0 Å². The van der Waals surface area contributed by atoms with Gasteiger partial charge in [-0.15, -0.1) is 5.10 Å². The van der Waals surface area contributed by atoms with Gasteiger partial charge in [-0.2, -0.15) is 4.68 Å². The average molecular weight is 332 g/mol. The van der Waals surface area contributed by atoms with Crippen LogP contribution >= 0.6 is 12.2 Å². The van der Waals surface area contributed by atoms with E-state index in [4.69, 9.17) is 12.2 Å². The Hall–Kier alpha value is -1.99. The highest BCUT2D eigenvalue weighted by Crippen LogP contribution is 2.18. The topological polar surface area (TPSA) is 56.3 Å². The highest BCUT2D eigenvalue weighted by molar-refractivity contribution is 7.71. The summed E-state index contributed by atoms with van der Waals surface area (Å²) in [6, 6.07) is 10.4. The Balaban J connectivity index is 1.70. The molecule has 1 aromatic heterocycles. The summed E-state index contributed by atoms with van der Waals surface area (Å²) in [7, 11) is 3.90. The van der Waals surface area contributed by atoms with Crippen LogP contribution < -0.4 is 10.2 Å². The number of nitrogens with one attached hydrogen (secondary N) is 2. The predicted octanol–water partition coefficient (Wildman–Crippen LogP) is 0.369. The van der Waals surface area contributed by atoms with Crippen LogP contribution in [0.1, 0.15) is 12.8 Å². The molecule has 3 rings (SSSR count). The summed E-state index contributed by atoms with van der Waals surface area (Å²) in [6.45, 7) is 0.993. The van der Waals surface area contributed by atoms with E-state index in [1.54, 1.807) is 4.68 Å². The SMILES string of the molecule is Cn1c(-c2ccccc2)nn(C[NH+](C)CC(=O)NC2CC2)c1=S. The zero-order valence-corrected chi connectivity index (χ0v) is 14.3. The molecule has 1 unspecified atom stereocenters. The van der Waals surface area contributed by atoms with Crippen molar-refractivity contribution in [2.24, 2.45) is 7.05 Å². The number of benzene rings is 1. The summed E-state index contributed by atoms with van der Waals surface area (Å²) in [5.74, 6) is 0.932. The molecule has 1 saturated carbocycles. The molecule has 23 heavy (non-hydrogen) atoms. The number of nitrogens with zero attached hydrogens (tertiary/aromatic N) is 3. The van der Waals surface area contributed by atoms with E-state index in [0.29, 0.717) is 24.0 Å². The number of rotatable bonds is 6. The smallest absolute Gasteiger partial charge is 0.275 e. The van der Waals surface area contributed by atoms with Gasteiger partial charge in [0.2, 0.25) is 4.77 Å². The van der Waals surface area contributed by atoms with Gasteiger partial charge in [0.25, 0.3) is 5.91 Å². The van der Waals surface area contributed by atoms with E-state index < -0.39 is 0 Å². The molecule has 1 fully saturated rings. The van der Waals surface area contributed by atoms with Crippen LogP contribution in [0.5, 0.6) is 0 Å². The number of quaternary nitrogens is 1. The van der Waals surface area contributed by atoms with Gasteiger partial charge in [0.05, 0.1) is 7.05 Å². The summed E-state index contributed by atoms with van der Waals surface area (Å²) in [6.07, 6.45) is 2.22. The first-order chi connectivity index (χ1) is 11.0. The normalized spacial score (nSPS) is 15.4. The fourth-order valence-electron chi connectivity index (χ4n) is 2.52. The Labute approximate surface area is 140 Å². The lowest BCUT2D eigenvalue weighted by atomic mass is 10.2. The van der Waals surface area contributed by atoms with E-state index in [9.17, 15) is 4.79 Å². The Kier molecular flexibility index (Phi) is 4.58. The van der Waals surface area contributed by atoms with Crippen LogP contribution in [0.2, 0.25) is 0 Å². The monoisotopic (exact) mass is 332 g/mol. The molecule has 0 bridgehead atoms. The van der Waals surface area contributed by atoms with Crippen molar-refractivity contribution in [2.75, 3.05) is 13.6 Å². The summed E-state index contributed by atoms with van der Waals surface area (Å²) in [4.78, 5) is 12.9. The highest BCUT2D eigenvalue weighted by Gasteiger charge is 2.24. The van der Waals surface area contributed by atoms with Crippen molar-refractivity contribution < 1.29 is 9.69 Å². The molecule has 1 aliphatic rings. The van der Waals surface area contributed by atoms with Crippen LogP contribution in [0.15, 0.2) is 30.3 Å². The Bertz CT molecular complexity index is 748. The summed E-state index contributed by atoms with van der Waals surface area (Å²) < 4.78 is 4.35. The van der Waals surface area contributed by atoms with Gasteiger partial charge in [0, 0.05) is 18.7 Å². The maximum atomic E-state index is 11.9. The van der Waals surface area contributed by atoms with Crippen molar-refractivity contribution in [1.82, 2.24) is 19.7 Å². The minimum Gasteiger partial charge on any atom is -0.348 e.